The van der Waals surface area contributed by atoms with E-state index >= 15 is 0 Å². The van der Waals surface area contributed by atoms with Crippen LogP contribution < -0.4 is 5.32 Å². The van der Waals surface area contributed by atoms with Crippen molar-refractivity contribution in [1.29, 1.82) is 0 Å². The van der Waals surface area contributed by atoms with Gasteiger partial charge in [-0.05, 0) is 31.2 Å². The Morgan fingerprint density at radius 2 is 1.56 bits per heavy atom. The average Bonchev–Trinajstić information content (AvgIpc) is 2.57. The quantitative estimate of drug-likeness (QED) is 0.357. The number of β-amino-alcohol motifs (C(OH)–C–C–N with tert-alkyl or cyclic N) is 1. The van der Waals surface area contributed by atoms with Crippen LogP contribution in [0.1, 0.15) is 12.8 Å². The Morgan fingerprint density at radius 1 is 1.00 bits per heavy atom. The molecular formula is C8H17NO7P2. The van der Waals surface area contributed by atoms with Gasteiger partial charge in [-0.15, -0.1) is 0 Å². The molecule has 0 bridgehead atoms. The topological polar surface area (TPSA) is 147 Å². The zero-order chi connectivity index (χ0) is 13.8. The molecule has 1 aliphatic carbocycles. The van der Waals surface area contributed by atoms with Crippen LogP contribution >= 0.6 is 15.2 Å². The molecule has 0 aromatic rings. The van der Waals surface area contributed by atoms with Crippen molar-refractivity contribution in [2.24, 2.45) is 11.8 Å². The lowest BCUT2D eigenvalue weighted by Crippen LogP contribution is -2.44. The van der Waals surface area contributed by atoms with Crippen LogP contribution in [0.15, 0.2) is 0 Å². The zero-order valence-corrected chi connectivity index (χ0v) is 11.3. The van der Waals surface area contributed by atoms with E-state index in [0.717, 1.165) is 0 Å². The van der Waals surface area contributed by atoms with E-state index < -0.39 is 32.1 Å². The van der Waals surface area contributed by atoms with Crippen molar-refractivity contribution in [2.45, 2.75) is 23.8 Å². The van der Waals surface area contributed by atoms with E-state index in [0.29, 0.717) is 6.54 Å². The molecule has 0 aromatic carbocycles. The second-order valence-electron chi connectivity index (χ2n) is 5.13. The fourth-order valence-corrected chi connectivity index (χ4v) is 6.29. The number of rotatable bonds is 2. The largest absolute Gasteiger partial charge is 0.392 e. The van der Waals surface area contributed by atoms with Gasteiger partial charge in [-0.1, -0.05) is 0 Å². The minimum absolute atomic E-state index is 0.268. The molecule has 0 amide bonds. The molecule has 10 heteroatoms. The third-order valence-corrected chi connectivity index (χ3v) is 8.56. The molecule has 2 fully saturated rings. The van der Waals surface area contributed by atoms with Gasteiger partial charge in [-0.25, -0.2) is 0 Å². The highest BCUT2D eigenvalue weighted by Gasteiger charge is 2.66. The Bertz CT molecular complexity index is 407. The monoisotopic (exact) mass is 301 g/mol. The van der Waals surface area contributed by atoms with E-state index in [2.05, 4.69) is 5.32 Å². The Kier molecular flexibility index (Phi) is 3.55. The van der Waals surface area contributed by atoms with Crippen molar-refractivity contribution in [3.05, 3.63) is 0 Å². The third-order valence-electron chi connectivity index (χ3n) is 4.10. The van der Waals surface area contributed by atoms with Gasteiger partial charge in [0.1, 0.15) is 0 Å². The average molecular weight is 301 g/mol. The van der Waals surface area contributed by atoms with Crippen LogP contribution in [0.4, 0.5) is 0 Å². The van der Waals surface area contributed by atoms with Crippen LogP contribution in [0.2, 0.25) is 0 Å². The summed E-state index contributed by atoms with van der Waals surface area (Å²) in [4.78, 5) is 35.1. The highest BCUT2D eigenvalue weighted by atomic mass is 31.2. The van der Waals surface area contributed by atoms with Crippen LogP contribution in [0, 0.1) is 11.8 Å². The molecule has 3 unspecified atom stereocenters. The lowest BCUT2D eigenvalue weighted by Gasteiger charge is -2.31. The van der Waals surface area contributed by atoms with Gasteiger partial charge in [0.15, 0.2) is 4.90 Å². The Balaban J connectivity index is 2.42. The summed E-state index contributed by atoms with van der Waals surface area (Å²) in [5, 5.41) is 12.7. The predicted octanol–water partition coefficient (Wildman–Crippen LogP) is -0.972. The summed E-state index contributed by atoms with van der Waals surface area (Å²) >= 11 is 0. The molecule has 1 aliphatic heterocycles. The van der Waals surface area contributed by atoms with Gasteiger partial charge < -0.3 is 30.0 Å². The fourth-order valence-electron chi connectivity index (χ4n) is 3.09. The first-order chi connectivity index (χ1) is 8.08. The van der Waals surface area contributed by atoms with Crippen LogP contribution in [0.25, 0.3) is 0 Å². The minimum Gasteiger partial charge on any atom is -0.392 e. The smallest absolute Gasteiger partial charge is 0.343 e. The van der Waals surface area contributed by atoms with Gasteiger partial charge in [-0.2, -0.15) is 0 Å². The Hall–Kier alpha value is 0.220. The molecule has 0 spiro atoms. The molecule has 18 heavy (non-hydrogen) atoms. The summed E-state index contributed by atoms with van der Waals surface area (Å²) in [5.74, 6) is -0.805. The standard InChI is InChI=1S/C8H17NO7P2/c10-7-4-9-3-5-1-8(2-6(5)7,17(11,12)13)18(14,15)16/h5-7,9-10H,1-4H2,(H2,11,12,13)(H2,14,15,16). The van der Waals surface area contributed by atoms with E-state index in [-0.39, 0.29) is 25.3 Å². The number of fused-ring (bicyclic) bond motifs is 1. The zero-order valence-electron chi connectivity index (χ0n) is 9.51. The molecule has 0 radical (unpaired) electrons. The van der Waals surface area contributed by atoms with E-state index in [4.69, 9.17) is 0 Å². The van der Waals surface area contributed by atoms with Gasteiger partial charge in [0, 0.05) is 6.54 Å². The summed E-state index contributed by atoms with van der Waals surface area (Å²) in [5.41, 5.74) is 0. The Labute approximate surface area is 104 Å². The summed E-state index contributed by atoms with van der Waals surface area (Å²) < 4.78 is 23.1. The highest BCUT2D eigenvalue weighted by Crippen LogP contribution is 2.76. The maximum Gasteiger partial charge on any atom is 0.343 e. The van der Waals surface area contributed by atoms with Crippen molar-refractivity contribution in [3.8, 4) is 0 Å². The van der Waals surface area contributed by atoms with Crippen molar-refractivity contribution < 1.29 is 33.8 Å². The lowest BCUT2D eigenvalue weighted by molar-refractivity contribution is 0.0602. The molecule has 0 aromatic heterocycles. The fraction of sp³-hybridized carbons (Fsp3) is 1.00. The minimum atomic E-state index is -4.97. The summed E-state index contributed by atoms with van der Waals surface area (Å²) in [6.07, 6.45) is -1.44. The third kappa shape index (κ3) is 2.11. The van der Waals surface area contributed by atoms with Gasteiger partial charge in [-0.3, -0.25) is 9.13 Å². The van der Waals surface area contributed by atoms with Gasteiger partial charge in [0.25, 0.3) is 0 Å². The van der Waals surface area contributed by atoms with Gasteiger partial charge >= 0.3 is 15.2 Å². The first-order valence-electron chi connectivity index (χ1n) is 5.58. The van der Waals surface area contributed by atoms with Crippen molar-refractivity contribution >= 4 is 15.2 Å². The second kappa shape index (κ2) is 4.36. The van der Waals surface area contributed by atoms with Crippen LogP contribution in [0.5, 0.6) is 0 Å². The summed E-state index contributed by atoms with van der Waals surface area (Å²) in [6, 6.07) is 0. The first kappa shape index (κ1) is 14.6. The molecule has 2 aliphatic rings. The van der Waals surface area contributed by atoms with E-state index in [9.17, 15) is 33.8 Å². The van der Waals surface area contributed by atoms with E-state index in [1.165, 1.54) is 0 Å². The molecule has 2 rings (SSSR count). The normalized spacial score (nSPS) is 36.4. The summed E-state index contributed by atoms with van der Waals surface area (Å²) in [6.45, 7) is 0.684. The number of aliphatic hydroxyl groups excluding tert-OH is 1. The van der Waals surface area contributed by atoms with Crippen molar-refractivity contribution in [3.63, 3.8) is 0 Å². The van der Waals surface area contributed by atoms with Gasteiger partial charge in [0.2, 0.25) is 0 Å². The molecule has 6 N–H and O–H groups in total. The SMILES string of the molecule is O=P(O)(O)C1(P(=O)(O)O)CC2CNCC(O)C2C1. The van der Waals surface area contributed by atoms with Crippen molar-refractivity contribution in [1.82, 2.24) is 5.32 Å². The molecule has 3 atom stereocenters. The van der Waals surface area contributed by atoms with E-state index in [1.807, 2.05) is 0 Å². The second-order valence-corrected chi connectivity index (χ2v) is 9.37. The van der Waals surface area contributed by atoms with E-state index in [1.54, 1.807) is 0 Å². The number of hydrogen-bond acceptors (Lipinski definition) is 4. The van der Waals surface area contributed by atoms with Gasteiger partial charge in [0.05, 0.1) is 6.10 Å². The number of hydrogen-bond donors (Lipinski definition) is 6. The molecule has 1 saturated carbocycles. The maximum atomic E-state index is 11.6. The number of piperidine rings is 1. The van der Waals surface area contributed by atoms with Crippen LogP contribution in [-0.4, -0.2) is 48.8 Å². The summed E-state index contributed by atoms with van der Waals surface area (Å²) in [7, 11) is -9.94. The van der Waals surface area contributed by atoms with Crippen molar-refractivity contribution in [2.75, 3.05) is 13.1 Å². The Morgan fingerprint density at radius 3 is 2.00 bits per heavy atom. The molecule has 106 valence electrons. The molecular weight excluding hydrogens is 284 g/mol. The lowest BCUT2D eigenvalue weighted by atomic mass is 9.88. The predicted molar refractivity (Wildman–Crippen MR) is 61.9 cm³/mol. The molecule has 1 heterocycles. The molecule has 8 nitrogen and oxygen atoms in total. The van der Waals surface area contributed by atoms with Crippen LogP contribution in [0.3, 0.4) is 0 Å². The molecule has 1 saturated heterocycles. The maximum absolute atomic E-state index is 11.6. The number of aliphatic hydroxyl groups is 1. The number of nitrogens with one attached hydrogen (secondary N) is 1. The van der Waals surface area contributed by atoms with Crippen LogP contribution in [-0.2, 0) is 9.13 Å². The first-order valence-corrected chi connectivity index (χ1v) is 8.81. The highest BCUT2D eigenvalue weighted by molar-refractivity contribution is 7.72.